The Labute approximate surface area is 241 Å². The molecule has 1 fully saturated rings. The molecule has 2 aliphatic rings. The molecule has 0 bridgehead atoms. The normalized spacial score (nSPS) is 17.5. The van der Waals surface area contributed by atoms with E-state index in [0.29, 0.717) is 48.0 Å². The first-order valence-electron chi connectivity index (χ1n) is 13.2. The molecule has 41 heavy (non-hydrogen) atoms. The zero-order chi connectivity index (χ0) is 28.4. The predicted octanol–water partition coefficient (Wildman–Crippen LogP) is 4.97. The van der Waals surface area contributed by atoms with Crippen LogP contribution in [0, 0.1) is 10.1 Å². The Morgan fingerprint density at radius 1 is 0.951 bits per heavy atom. The number of non-ortho nitro benzene ring substituents is 1. The van der Waals surface area contributed by atoms with E-state index in [4.69, 9.17) is 14.8 Å². The zero-order valence-electron chi connectivity index (χ0n) is 22.0. The molecule has 10 nitrogen and oxygen atoms in total. The van der Waals surface area contributed by atoms with E-state index >= 15 is 0 Å². The van der Waals surface area contributed by atoms with Gasteiger partial charge in [0.15, 0.2) is 0 Å². The van der Waals surface area contributed by atoms with Gasteiger partial charge in [0.1, 0.15) is 0 Å². The van der Waals surface area contributed by atoms with Crippen molar-refractivity contribution in [3.05, 3.63) is 104 Å². The van der Waals surface area contributed by atoms with Gasteiger partial charge >= 0.3 is 0 Å². The number of nitro groups is 1. The number of sulfonamides is 1. The van der Waals surface area contributed by atoms with E-state index in [1.807, 2.05) is 23.6 Å². The molecule has 0 N–H and O–H groups in total. The summed E-state index contributed by atoms with van der Waals surface area (Å²) >= 11 is 1.36. The number of ether oxygens (including phenoxy) is 1. The van der Waals surface area contributed by atoms with Crippen molar-refractivity contribution < 1.29 is 18.1 Å². The van der Waals surface area contributed by atoms with Crippen LogP contribution in [0.2, 0.25) is 0 Å². The Morgan fingerprint density at radius 3 is 2.51 bits per heavy atom. The highest BCUT2D eigenvalue weighted by Crippen LogP contribution is 2.27. The lowest BCUT2D eigenvalue weighted by Crippen LogP contribution is -2.40. The SMILES string of the molecule is O=[N+]([O-])c1cccc(-c2csc(=Nc3ccc(S(=O)(=O)N4CCOCC4)cc3)n2N=C2CCCc3ccccc32)c1. The van der Waals surface area contributed by atoms with Gasteiger partial charge in [0, 0.05) is 41.7 Å². The van der Waals surface area contributed by atoms with Gasteiger partial charge in [-0.2, -0.15) is 9.41 Å². The Kier molecular flexibility index (Phi) is 7.63. The van der Waals surface area contributed by atoms with Gasteiger partial charge in [0.2, 0.25) is 14.8 Å². The molecule has 0 saturated carbocycles. The summed E-state index contributed by atoms with van der Waals surface area (Å²) in [6.07, 6.45) is 2.75. The molecule has 3 aromatic carbocycles. The minimum atomic E-state index is -3.62. The van der Waals surface area contributed by atoms with E-state index in [2.05, 4.69) is 12.1 Å². The second-order valence-electron chi connectivity index (χ2n) is 9.70. The number of benzene rings is 3. The van der Waals surface area contributed by atoms with Crippen LogP contribution in [0.4, 0.5) is 11.4 Å². The van der Waals surface area contributed by atoms with E-state index in [9.17, 15) is 18.5 Å². The van der Waals surface area contributed by atoms with Crippen molar-refractivity contribution in [3.8, 4) is 11.3 Å². The molecule has 4 aromatic rings. The minimum absolute atomic E-state index is 0.00790. The molecule has 0 unspecified atom stereocenters. The Balaban J connectivity index is 1.44. The van der Waals surface area contributed by atoms with E-state index < -0.39 is 14.9 Å². The number of nitro benzene ring substituents is 1. The van der Waals surface area contributed by atoms with E-state index in [1.54, 1.807) is 35.0 Å². The van der Waals surface area contributed by atoms with Crippen molar-refractivity contribution >= 4 is 38.4 Å². The third-order valence-corrected chi connectivity index (χ3v) is 9.85. The topological polar surface area (TPSA) is 119 Å². The minimum Gasteiger partial charge on any atom is -0.379 e. The molecular formula is C29H27N5O5S2. The number of hydrogen-bond acceptors (Lipinski definition) is 8. The molecule has 1 saturated heterocycles. The molecule has 2 heterocycles. The van der Waals surface area contributed by atoms with Crippen molar-refractivity contribution in [2.75, 3.05) is 26.3 Å². The summed E-state index contributed by atoms with van der Waals surface area (Å²) in [5.74, 6) is 0. The van der Waals surface area contributed by atoms with E-state index in [0.717, 1.165) is 30.5 Å². The average molecular weight is 590 g/mol. The van der Waals surface area contributed by atoms with Gasteiger partial charge in [-0.1, -0.05) is 36.4 Å². The summed E-state index contributed by atoms with van der Waals surface area (Å²) in [7, 11) is -3.62. The summed E-state index contributed by atoms with van der Waals surface area (Å²) in [6.45, 7) is 1.41. The number of hydrogen-bond donors (Lipinski definition) is 0. The molecular weight excluding hydrogens is 562 g/mol. The van der Waals surface area contributed by atoms with E-state index in [-0.39, 0.29) is 10.6 Å². The van der Waals surface area contributed by atoms with Crippen LogP contribution in [0.3, 0.4) is 0 Å². The summed E-state index contributed by atoms with van der Waals surface area (Å²) in [5.41, 5.74) is 5.14. The van der Waals surface area contributed by atoms with Crippen LogP contribution in [0.25, 0.3) is 11.3 Å². The first-order chi connectivity index (χ1) is 19.9. The number of thiazole rings is 1. The lowest BCUT2D eigenvalue weighted by Gasteiger charge is -2.26. The maximum absolute atomic E-state index is 13.0. The number of nitrogens with zero attached hydrogens (tertiary/aromatic N) is 5. The van der Waals surface area contributed by atoms with Crippen molar-refractivity contribution in [2.24, 2.45) is 10.1 Å². The fourth-order valence-corrected chi connectivity index (χ4v) is 7.27. The number of fused-ring (bicyclic) bond motifs is 1. The highest BCUT2D eigenvalue weighted by molar-refractivity contribution is 7.89. The Bertz CT molecular complexity index is 1800. The van der Waals surface area contributed by atoms with Crippen LogP contribution >= 0.6 is 11.3 Å². The molecule has 1 aliphatic carbocycles. The summed E-state index contributed by atoms with van der Waals surface area (Å²) in [4.78, 5) is 16.6. The van der Waals surface area contributed by atoms with Crippen LogP contribution in [0.1, 0.15) is 24.0 Å². The summed E-state index contributed by atoms with van der Waals surface area (Å²) in [5, 5.41) is 18.4. The first-order valence-corrected chi connectivity index (χ1v) is 15.6. The average Bonchev–Trinajstić information content (AvgIpc) is 3.39. The fraction of sp³-hybridized carbons (Fsp3) is 0.241. The van der Waals surface area contributed by atoms with Crippen LogP contribution in [0.15, 0.2) is 93.2 Å². The third-order valence-electron chi connectivity index (χ3n) is 7.12. The summed E-state index contributed by atoms with van der Waals surface area (Å²) in [6, 6.07) is 21.1. The molecule has 0 spiro atoms. The van der Waals surface area contributed by atoms with Crippen LogP contribution < -0.4 is 4.80 Å². The molecule has 0 atom stereocenters. The van der Waals surface area contributed by atoms with Crippen LogP contribution in [0.5, 0.6) is 0 Å². The van der Waals surface area contributed by atoms with Gasteiger partial charge < -0.3 is 4.74 Å². The lowest BCUT2D eigenvalue weighted by atomic mass is 9.90. The molecule has 0 radical (unpaired) electrons. The van der Waals surface area contributed by atoms with Gasteiger partial charge in [-0.15, -0.1) is 11.3 Å². The molecule has 6 rings (SSSR count). The first kappa shape index (κ1) is 27.2. The third kappa shape index (κ3) is 5.64. The predicted molar refractivity (Wildman–Crippen MR) is 157 cm³/mol. The second-order valence-corrected chi connectivity index (χ2v) is 12.5. The number of morpholine rings is 1. The fourth-order valence-electron chi connectivity index (χ4n) is 5.02. The maximum atomic E-state index is 13.0. The number of rotatable bonds is 6. The van der Waals surface area contributed by atoms with Crippen molar-refractivity contribution in [1.82, 2.24) is 8.98 Å². The van der Waals surface area contributed by atoms with Gasteiger partial charge in [-0.3, -0.25) is 10.1 Å². The number of aryl methyl sites for hydroxylation is 1. The Morgan fingerprint density at radius 2 is 1.73 bits per heavy atom. The van der Waals surface area contributed by atoms with Crippen LogP contribution in [-0.2, 0) is 21.2 Å². The molecule has 1 aliphatic heterocycles. The Hall–Kier alpha value is -3.97. The van der Waals surface area contributed by atoms with Crippen molar-refractivity contribution in [1.29, 1.82) is 0 Å². The maximum Gasteiger partial charge on any atom is 0.270 e. The quantitative estimate of drug-likeness (QED) is 0.232. The monoisotopic (exact) mass is 589 g/mol. The largest absolute Gasteiger partial charge is 0.379 e. The number of aromatic nitrogens is 1. The van der Waals surface area contributed by atoms with Gasteiger partial charge in [-0.25, -0.2) is 18.1 Å². The van der Waals surface area contributed by atoms with Gasteiger partial charge in [0.25, 0.3) is 5.69 Å². The second kappa shape index (κ2) is 11.5. The molecule has 210 valence electrons. The smallest absolute Gasteiger partial charge is 0.270 e. The van der Waals surface area contributed by atoms with Gasteiger partial charge in [-0.05, 0) is 49.1 Å². The highest BCUT2D eigenvalue weighted by atomic mass is 32.2. The van der Waals surface area contributed by atoms with Crippen molar-refractivity contribution in [2.45, 2.75) is 24.2 Å². The van der Waals surface area contributed by atoms with Gasteiger partial charge in [0.05, 0.1) is 40.1 Å². The zero-order valence-corrected chi connectivity index (χ0v) is 23.7. The standard InChI is InChI=1S/C29H27N5O5S2/c35-34(36)24-8-3-7-22(19-24)28-20-40-29(33(28)31-27-10-4-6-21-5-1-2-9-26(21)27)30-23-11-13-25(14-12-23)41(37,38)32-15-17-39-18-16-32/h1-3,5,7-9,11-14,19-20H,4,6,10,15-18H2. The van der Waals surface area contributed by atoms with Crippen LogP contribution in [-0.4, -0.2) is 54.3 Å². The lowest BCUT2D eigenvalue weighted by molar-refractivity contribution is -0.384. The molecule has 1 aromatic heterocycles. The summed E-state index contributed by atoms with van der Waals surface area (Å²) < 4.78 is 34.5. The van der Waals surface area contributed by atoms with E-state index in [1.165, 1.54) is 33.3 Å². The highest BCUT2D eigenvalue weighted by Gasteiger charge is 2.26. The molecule has 12 heteroatoms. The molecule has 0 amide bonds. The van der Waals surface area contributed by atoms with Crippen molar-refractivity contribution in [3.63, 3.8) is 0 Å².